The van der Waals surface area contributed by atoms with E-state index in [0.29, 0.717) is 19.3 Å². The third kappa shape index (κ3) is 6.57. The van der Waals surface area contributed by atoms with E-state index >= 15 is 0 Å². The fourth-order valence-corrected chi connectivity index (χ4v) is 5.04. The van der Waals surface area contributed by atoms with E-state index in [1.165, 1.54) is 0 Å². The third-order valence-electron chi connectivity index (χ3n) is 5.57. The Labute approximate surface area is 217 Å². The minimum atomic E-state index is -1.20. The van der Waals surface area contributed by atoms with Gasteiger partial charge in [-0.05, 0) is 36.4 Å². The second-order valence-electron chi connectivity index (χ2n) is 10.1. The average Bonchev–Trinajstić information content (AvgIpc) is 3.34. The van der Waals surface area contributed by atoms with Gasteiger partial charge in [-0.15, -0.1) is 10.2 Å². The summed E-state index contributed by atoms with van der Waals surface area (Å²) in [7, 11) is 0.464. The molecule has 10 heteroatoms. The fourth-order valence-electron chi connectivity index (χ4n) is 3.44. The molecule has 0 aliphatic carbocycles. The van der Waals surface area contributed by atoms with E-state index in [4.69, 9.17) is 14.5 Å². The highest BCUT2D eigenvalue weighted by Gasteiger charge is 2.20. The number of hydrogen-bond donors (Lipinski definition) is 1. The van der Waals surface area contributed by atoms with Crippen molar-refractivity contribution < 1.29 is 9.47 Å². The molecule has 4 rings (SSSR count). The van der Waals surface area contributed by atoms with Crippen LogP contribution in [-0.2, 0) is 4.74 Å². The van der Waals surface area contributed by atoms with Crippen molar-refractivity contribution in [3.8, 4) is 5.75 Å². The van der Waals surface area contributed by atoms with Gasteiger partial charge in [-0.1, -0.05) is 50.9 Å². The predicted octanol–water partition coefficient (Wildman–Crippen LogP) is 6.81. The number of nitrogens with one attached hydrogen (secondary N) is 1. The lowest BCUT2D eigenvalue weighted by atomic mass is 10.2. The van der Waals surface area contributed by atoms with Crippen LogP contribution >= 0.6 is 11.3 Å². The van der Waals surface area contributed by atoms with Gasteiger partial charge in [0, 0.05) is 38.5 Å². The molecule has 8 nitrogen and oxygen atoms in total. The first-order chi connectivity index (χ1) is 17.2. The molecule has 0 bridgehead atoms. The van der Waals surface area contributed by atoms with Crippen LogP contribution in [-0.4, -0.2) is 48.7 Å². The number of rotatable bonds is 11. The van der Waals surface area contributed by atoms with Gasteiger partial charge in [0.25, 0.3) is 0 Å². The first-order valence-electron chi connectivity index (χ1n) is 12.1. The zero-order valence-electron chi connectivity index (χ0n) is 21.8. The molecule has 0 spiro atoms. The Kier molecular flexibility index (Phi) is 8.17. The van der Waals surface area contributed by atoms with Gasteiger partial charge < -0.3 is 14.8 Å². The molecule has 0 saturated heterocycles. The van der Waals surface area contributed by atoms with Crippen LogP contribution in [0.5, 0.6) is 5.75 Å². The first kappa shape index (κ1) is 26.0. The van der Waals surface area contributed by atoms with E-state index < -0.39 is 8.07 Å². The molecule has 0 unspecified atom stereocenters. The lowest BCUT2D eigenvalue weighted by Gasteiger charge is -2.22. The lowest BCUT2D eigenvalue weighted by molar-refractivity contribution is 0.153. The van der Waals surface area contributed by atoms with Crippen LogP contribution in [0.2, 0.25) is 25.7 Å². The maximum Gasteiger partial charge on any atom is 0.215 e. The number of aromatic nitrogens is 4. The van der Waals surface area contributed by atoms with E-state index in [1.54, 1.807) is 24.6 Å². The standard InChI is InChI=1S/C26H34N6O2SSi/c1-18(2)25-30-31-26(35-25)32(17-34-14-15-36(4,5)6)23-11-10-21-24(29-23)22(12-13-27-21)28-19-8-7-9-20(16-19)33-3/h7-13,16,18H,14-15,17H2,1-6H3,(H,27,28). The Balaban J connectivity index is 1.67. The number of fused-ring (bicyclic) bond motifs is 1. The van der Waals surface area contributed by atoms with Crippen LogP contribution < -0.4 is 15.0 Å². The van der Waals surface area contributed by atoms with Crippen LogP contribution in [0.4, 0.5) is 22.3 Å². The summed E-state index contributed by atoms with van der Waals surface area (Å²) in [6.07, 6.45) is 1.78. The number of benzene rings is 1. The molecule has 190 valence electrons. The minimum Gasteiger partial charge on any atom is -0.497 e. The van der Waals surface area contributed by atoms with E-state index in [9.17, 15) is 0 Å². The smallest absolute Gasteiger partial charge is 0.215 e. The van der Waals surface area contributed by atoms with Crippen LogP contribution in [0, 0.1) is 0 Å². The van der Waals surface area contributed by atoms with Crippen molar-refractivity contribution >= 4 is 52.8 Å². The van der Waals surface area contributed by atoms with Gasteiger partial charge in [0.2, 0.25) is 5.13 Å². The summed E-state index contributed by atoms with van der Waals surface area (Å²) in [5.41, 5.74) is 3.33. The highest BCUT2D eigenvalue weighted by Crippen LogP contribution is 2.33. The molecule has 3 aromatic heterocycles. The number of pyridine rings is 2. The largest absolute Gasteiger partial charge is 0.497 e. The van der Waals surface area contributed by atoms with Crippen molar-refractivity contribution in [1.82, 2.24) is 20.2 Å². The number of methoxy groups -OCH3 is 1. The lowest BCUT2D eigenvalue weighted by Crippen LogP contribution is -2.26. The number of anilines is 4. The van der Waals surface area contributed by atoms with Gasteiger partial charge in [0.05, 0.1) is 18.3 Å². The molecule has 0 amide bonds. The van der Waals surface area contributed by atoms with E-state index in [1.807, 2.05) is 47.4 Å². The zero-order valence-corrected chi connectivity index (χ0v) is 23.6. The van der Waals surface area contributed by atoms with Crippen LogP contribution in [0.3, 0.4) is 0 Å². The summed E-state index contributed by atoms with van der Waals surface area (Å²) < 4.78 is 11.5. The van der Waals surface area contributed by atoms with Gasteiger partial charge in [0.15, 0.2) is 0 Å². The average molecular weight is 523 g/mol. The maximum absolute atomic E-state index is 6.13. The summed E-state index contributed by atoms with van der Waals surface area (Å²) in [6, 6.07) is 14.8. The van der Waals surface area contributed by atoms with Gasteiger partial charge in [-0.3, -0.25) is 9.88 Å². The highest BCUT2D eigenvalue weighted by molar-refractivity contribution is 7.15. The quantitative estimate of drug-likeness (QED) is 0.131. The van der Waals surface area contributed by atoms with E-state index in [-0.39, 0.29) is 0 Å². The van der Waals surface area contributed by atoms with Crippen molar-refractivity contribution in [2.75, 3.05) is 30.7 Å². The topological polar surface area (TPSA) is 85.3 Å². The third-order valence-corrected chi connectivity index (χ3v) is 8.52. The second kappa shape index (κ2) is 11.3. The molecule has 0 atom stereocenters. The fraction of sp³-hybridized carbons (Fsp3) is 0.385. The molecule has 3 heterocycles. The Morgan fingerprint density at radius 2 is 1.92 bits per heavy atom. The monoisotopic (exact) mass is 522 g/mol. The summed E-state index contributed by atoms with van der Waals surface area (Å²) in [5, 5.41) is 14.1. The van der Waals surface area contributed by atoms with Gasteiger partial charge in [-0.2, -0.15) is 0 Å². The van der Waals surface area contributed by atoms with Gasteiger partial charge in [-0.25, -0.2) is 4.98 Å². The molecule has 0 saturated carbocycles. The van der Waals surface area contributed by atoms with E-state index in [2.05, 4.69) is 54.0 Å². The second-order valence-corrected chi connectivity index (χ2v) is 16.7. The molecule has 0 radical (unpaired) electrons. The van der Waals surface area contributed by atoms with Crippen molar-refractivity contribution in [3.05, 3.63) is 53.7 Å². The number of ether oxygens (including phenoxy) is 2. The Hall–Kier alpha value is -3.08. The van der Waals surface area contributed by atoms with Crippen LogP contribution in [0.1, 0.15) is 24.8 Å². The highest BCUT2D eigenvalue weighted by atomic mass is 32.1. The molecule has 36 heavy (non-hydrogen) atoms. The molecule has 0 fully saturated rings. The van der Waals surface area contributed by atoms with Crippen molar-refractivity contribution in [1.29, 1.82) is 0 Å². The minimum absolute atomic E-state index is 0.304. The van der Waals surface area contributed by atoms with Crippen LogP contribution in [0.15, 0.2) is 48.7 Å². The Morgan fingerprint density at radius 3 is 2.64 bits per heavy atom. The molecular formula is C26H34N6O2SSi. The normalized spacial score (nSPS) is 11.8. The molecule has 4 aromatic rings. The molecular weight excluding hydrogens is 488 g/mol. The summed E-state index contributed by atoms with van der Waals surface area (Å²) in [5.74, 6) is 1.83. The maximum atomic E-state index is 6.13. The molecule has 0 aliphatic rings. The van der Waals surface area contributed by atoms with Crippen molar-refractivity contribution in [2.45, 2.75) is 45.5 Å². The summed E-state index contributed by atoms with van der Waals surface area (Å²) in [4.78, 5) is 11.5. The van der Waals surface area contributed by atoms with Gasteiger partial charge in [0.1, 0.15) is 28.8 Å². The van der Waals surface area contributed by atoms with Crippen molar-refractivity contribution in [3.63, 3.8) is 0 Å². The van der Waals surface area contributed by atoms with E-state index in [0.717, 1.165) is 50.2 Å². The molecule has 0 aliphatic heterocycles. The van der Waals surface area contributed by atoms with Crippen LogP contribution in [0.25, 0.3) is 11.0 Å². The zero-order chi connectivity index (χ0) is 25.7. The number of hydrogen-bond acceptors (Lipinski definition) is 9. The summed E-state index contributed by atoms with van der Waals surface area (Å²) >= 11 is 1.57. The molecule has 1 aromatic carbocycles. The summed E-state index contributed by atoms with van der Waals surface area (Å²) in [6.45, 7) is 12.4. The predicted molar refractivity (Wildman–Crippen MR) is 151 cm³/mol. The van der Waals surface area contributed by atoms with Gasteiger partial charge >= 0.3 is 0 Å². The molecule has 1 N–H and O–H groups in total. The number of nitrogens with zero attached hydrogens (tertiary/aromatic N) is 5. The SMILES string of the molecule is COc1cccc(Nc2ccnc3ccc(N(COCC[Si](C)(C)C)c4nnc(C(C)C)s4)nc23)c1. The first-order valence-corrected chi connectivity index (χ1v) is 16.6. The van der Waals surface area contributed by atoms with Crippen molar-refractivity contribution in [2.24, 2.45) is 0 Å². The Bertz CT molecular complexity index is 1310. The Morgan fingerprint density at radius 1 is 1.08 bits per heavy atom.